The van der Waals surface area contributed by atoms with Gasteiger partial charge in [0.25, 0.3) is 0 Å². The molecule has 2 N–H and O–H groups in total. The topological polar surface area (TPSA) is 90.7 Å². The number of carboxylic acids is 2. The van der Waals surface area contributed by atoms with E-state index in [0.29, 0.717) is 18.5 Å². The van der Waals surface area contributed by atoms with Crippen LogP contribution in [0.1, 0.15) is 12.8 Å². The highest BCUT2D eigenvalue weighted by Crippen LogP contribution is 2.30. The third-order valence-electron chi connectivity index (χ3n) is 2.92. The molecule has 0 amide bonds. The molecule has 2 rings (SSSR count). The van der Waals surface area contributed by atoms with Crippen LogP contribution in [0.15, 0.2) is 24.5 Å². The van der Waals surface area contributed by atoms with Gasteiger partial charge >= 0.3 is 11.9 Å². The zero-order valence-corrected chi connectivity index (χ0v) is 10.2. The number of hydrogen-bond donors (Lipinski definition) is 2. The van der Waals surface area contributed by atoms with Crippen LogP contribution in [0.25, 0.3) is 0 Å². The molecule has 0 radical (unpaired) electrons. The maximum atomic E-state index is 11.1. The first kappa shape index (κ1) is 14.2. The molecule has 98 valence electrons. The number of nitrogens with zero attached hydrogens (tertiary/aromatic N) is 2. The Labute approximate surface area is 110 Å². The van der Waals surface area contributed by atoms with E-state index >= 15 is 0 Å². The number of aromatic nitrogens is 1. The van der Waals surface area contributed by atoms with Crippen LogP contribution in [0.5, 0.6) is 0 Å². The van der Waals surface area contributed by atoms with Gasteiger partial charge < -0.3 is 15.1 Å². The number of halogens is 1. The van der Waals surface area contributed by atoms with Crippen molar-refractivity contribution in [2.24, 2.45) is 0 Å². The molecular formula is C11H13ClN2O4. The highest BCUT2D eigenvalue weighted by atomic mass is 35.5. The number of rotatable bonds is 3. The summed E-state index contributed by atoms with van der Waals surface area (Å²) in [5.74, 6) is -1.99. The van der Waals surface area contributed by atoms with E-state index in [2.05, 4.69) is 4.98 Å². The van der Waals surface area contributed by atoms with Crippen molar-refractivity contribution in [1.29, 1.82) is 0 Å². The van der Waals surface area contributed by atoms with Gasteiger partial charge in [-0.15, -0.1) is 12.4 Å². The lowest BCUT2D eigenvalue weighted by molar-refractivity contribution is -0.139. The van der Waals surface area contributed by atoms with Crippen molar-refractivity contribution in [2.75, 3.05) is 4.90 Å². The smallest absolute Gasteiger partial charge is 0.326 e. The molecule has 2 heterocycles. The van der Waals surface area contributed by atoms with Crippen LogP contribution < -0.4 is 4.90 Å². The van der Waals surface area contributed by atoms with E-state index in [1.807, 2.05) is 0 Å². The largest absolute Gasteiger partial charge is 0.480 e. The van der Waals surface area contributed by atoms with E-state index in [0.717, 1.165) is 0 Å². The molecule has 0 unspecified atom stereocenters. The Hall–Kier alpha value is -1.82. The minimum Gasteiger partial charge on any atom is -0.480 e. The van der Waals surface area contributed by atoms with Crippen molar-refractivity contribution in [2.45, 2.75) is 24.9 Å². The van der Waals surface area contributed by atoms with E-state index in [1.165, 1.54) is 17.3 Å². The molecule has 0 bridgehead atoms. The number of anilines is 1. The predicted octanol–water partition coefficient (Wildman–Crippen LogP) is 1.01. The number of carbonyl (C=O) groups is 2. The SMILES string of the molecule is Cl.O=C(O)[C@@H]1CC[C@@H](C(=O)O)N1c1ccncc1. The average molecular weight is 273 g/mol. The molecule has 0 aromatic carbocycles. The van der Waals surface area contributed by atoms with Gasteiger partial charge in [0, 0.05) is 18.1 Å². The van der Waals surface area contributed by atoms with Crippen molar-refractivity contribution >= 4 is 30.0 Å². The molecule has 1 aromatic heterocycles. The highest BCUT2D eigenvalue weighted by molar-refractivity contribution is 5.86. The summed E-state index contributed by atoms with van der Waals surface area (Å²) in [5, 5.41) is 18.2. The van der Waals surface area contributed by atoms with Crippen LogP contribution in [0.4, 0.5) is 5.69 Å². The van der Waals surface area contributed by atoms with Crippen LogP contribution in [0.2, 0.25) is 0 Å². The van der Waals surface area contributed by atoms with Gasteiger partial charge in [-0.25, -0.2) is 9.59 Å². The van der Waals surface area contributed by atoms with Gasteiger partial charge in [0.05, 0.1) is 0 Å². The molecule has 18 heavy (non-hydrogen) atoms. The van der Waals surface area contributed by atoms with Crippen molar-refractivity contribution in [3.63, 3.8) is 0 Å². The molecule has 0 aliphatic carbocycles. The van der Waals surface area contributed by atoms with E-state index in [4.69, 9.17) is 10.2 Å². The molecule has 1 aliphatic heterocycles. The lowest BCUT2D eigenvalue weighted by atomic mass is 10.2. The minimum atomic E-state index is -0.995. The molecule has 1 saturated heterocycles. The van der Waals surface area contributed by atoms with Crippen LogP contribution in [-0.2, 0) is 9.59 Å². The van der Waals surface area contributed by atoms with Crippen LogP contribution in [-0.4, -0.2) is 39.2 Å². The predicted molar refractivity (Wildman–Crippen MR) is 66.0 cm³/mol. The lowest BCUT2D eigenvalue weighted by Gasteiger charge is -2.27. The second-order valence-electron chi connectivity index (χ2n) is 3.90. The van der Waals surface area contributed by atoms with Gasteiger partial charge in [0.2, 0.25) is 0 Å². The first-order chi connectivity index (χ1) is 8.11. The van der Waals surface area contributed by atoms with Crippen molar-refractivity contribution in [3.05, 3.63) is 24.5 Å². The van der Waals surface area contributed by atoms with Gasteiger partial charge in [0.1, 0.15) is 12.1 Å². The first-order valence-electron chi connectivity index (χ1n) is 5.25. The Morgan fingerprint density at radius 2 is 1.56 bits per heavy atom. The lowest BCUT2D eigenvalue weighted by Crippen LogP contribution is -2.44. The van der Waals surface area contributed by atoms with E-state index in [1.54, 1.807) is 12.1 Å². The average Bonchev–Trinajstić information content (AvgIpc) is 2.74. The normalized spacial score (nSPS) is 22.3. The number of aliphatic carboxylic acids is 2. The first-order valence-corrected chi connectivity index (χ1v) is 5.25. The molecular weight excluding hydrogens is 260 g/mol. The Kier molecular flexibility index (Phi) is 4.49. The quantitative estimate of drug-likeness (QED) is 0.853. The van der Waals surface area contributed by atoms with Gasteiger partial charge in [-0.05, 0) is 25.0 Å². The van der Waals surface area contributed by atoms with E-state index in [9.17, 15) is 9.59 Å². The molecule has 0 saturated carbocycles. The Morgan fingerprint density at radius 1 is 1.11 bits per heavy atom. The monoisotopic (exact) mass is 272 g/mol. The summed E-state index contributed by atoms with van der Waals surface area (Å²) in [6.07, 6.45) is 3.72. The molecule has 0 spiro atoms. The Bertz CT molecular complexity index is 418. The van der Waals surface area contributed by atoms with Crippen LogP contribution in [0.3, 0.4) is 0 Å². The Morgan fingerprint density at radius 3 is 1.94 bits per heavy atom. The summed E-state index contributed by atoms with van der Waals surface area (Å²) in [4.78, 5) is 27.5. The third-order valence-corrected chi connectivity index (χ3v) is 2.92. The highest BCUT2D eigenvalue weighted by Gasteiger charge is 2.41. The molecule has 7 heteroatoms. The van der Waals surface area contributed by atoms with Gasteiger partial charge in [-0.2, -0.15) is 0 Å². The fourth-order valence-corrected chi connectivity index (χ4v) is 2.17. The third kappa shape index (κ3) is 2.53. The van der Waals surface area contributed by atoms with Crippen molar-refractivity contribution in [3.8, 4) is 0 Å². The number of carboxylic acid groups (broad SMARTS) is 2. The van der Waals surface area contributed by atoms with Gasteiger partial charge in [0.15, 0.2) is 0 Å². The molecule has 6 nitrogen and oxygen atoms in total. The molecule has 1 fully saturated rings. The van der Waals surface area contributed by atoms with Crippen LogP contribution >= 0.6 is 12.4 Å². The van der Waals surface area contributed by atoms with Crippen molar-refractivity contribution in [1.82, 2.24) is 4.98 Å². The molecule has 1 aromatic rings. The fraction of sp³-hybridized carbons (Fsp3) is 0.364. The second kappa shape index (κ2) is 5.68. The zero-order chi connectivity index (χ0) is 12.4. The van der Waals surface area contributed by atoms with Crippen LogP contribution in [0, 0.1) is 0 Å². The summed E-state index contributed by atoms with van der Waals surface area (Å²) in [5.41, 5.74) is 0.581. The summed E-state index contributed by atoms with van der Waals surface area (Å²) >= 11 is 0. The second-order valence-corrected chi connectivity index (χ2v) is 3.90. The summed E-state index contributed by atoms with van der Waals surface area (Å²) in [7, 11) is 0. The number of pyridine rings is 1. The van der Waals surface area contributed by atoms with Crippen molar-refractivity contribution < 1.29 is 19.8 Å². The zero-order valence-electron chi connectivity index (χ0n) is 9.39. The molecule has 2 atom stereocenters. The molecule has 1 aliphatic rings. The van der Waals surface area contributed by atoms with Gasteiger partial charge in [-0.3, -0.25) is 4.98 Å². The maximum Gasteiger partial charge on any atom is 0.326 e. The summed E-state index contributed by atoms with van der Waals surface area (Å²) in [6.45, 7) is 0. The van der Waals surface area contributed by atoms with E-state index in [-0.39, 0.29) is 12.4 Å². The maximum absolute atomic E-state index is 11.1. The van der Waals surface area contributed by atoms with Gasteiger partial charge in [-0.1, -0.05) is 0 Å². The fourth-order valence-electron chi connectivity index (χ4n) is 2.17. The van der Waals surface area contributed by atoms with E-state index < -0.39 is 24.0 Å². The standard InChI is InChI=1S/C11H12N2O4.ClH/c14-10(15)8-1-2-9(11(16)17)13(8)7-3-5-12-6-4-7;/h3-6,8-9H,1-2H2,(H,14,15)(H,16,17);1H/t8-,9-;/m0./s1. The number of hydrogen-bond acceptors (Lipinski definition) is 4. The minimum absolute atomic E-state index is 0. The Balaban J connectivity index is 0.00000162. The summed E-state index contributed by atoms with van der Waals surface area (Å²) in [6, 6.07) is 1.69. The summed E-state index contributed by atoms with van der Waals surface area (Å²) < 4.78 is 0.